The van der Waals surface area contributed by atoms with E-state index in [2.05, 4.69) is 15.5 Å². The van der Waals surface area contributed by atoms with Crippen molar-refractivity contribution in [3.8, 4) is 0 Å². The summed E-state index contributed by atoms with van der Waals surface area (Å²) in [6.07, 6.45) is 0. The molecular formula is C24H29ClN4O2S. The highest BCUT2D eigenvalue weighted by atomic mass is 35.5. The van der Waals surface area contributed by atoms with Crippen molar-refractivity contribution in [3.05, 3.63) is 58.6 Å². The van der Waals surface area contributed by atoms with Crippen LogP contribution < -0.4 is 15.5 Å². The number of carbonyl (C=O) groups excluding carboxylic acids is 2. The molecule has 1 fully saturated rings. The van der Waals surface area contributed by atoms with E-state index in [4.69, 9.17) is 23.8 Å². The van der Waals surface area contributed by atoms with Gasteiger partial charge in [-0.05, 0) is 49.5 Å². The Morgan fingerprint density at radius 3 is 2.19 bits per heavy atom. The molecule has 8 heteroatoms. The first-order chi connectivity index (χ1) is 15.0. The predicted molar refractivity (Wildman–Crippen MR) is 135 cm³/mol. The SMILES string of the molecule is Cc1ccc(C(=O)NC(=S)Nc2ccc(N3CCN(C(=O)C(C)(C)C)CC3)c(Cl)c2)cc1. The lowest BCUT2D eigenvalue weighted by Gasteiger charge is -2.39. The molecule has 2 aromatic carbocycles. The molecule has 3 rings (SSSR count). The molecule has 1 aliphatic heterocycles. The van der Waals surface area contributed by atoms with Gasteiger partial charge in [0.1, 0.15) is 0 Å². The number of nitrogens with one attached hydrogen (secondary N) is 2. The standard InChI is InChI=1S/C24H29ClN4O2S/c1-16-5-7-17(8-6-16)21(30)27-23(32)26-18-9-10-20(19(25)15-18)28-11-13-29(14-12-28)22(31)24(2,3)4/h5-10,15H,11-14H2,1-4H3,(H2,26,27,30,32). The molecule has 2 N–H and O–H groups in total. The second-order valence-corrected chi connectivity index (χ2v) is 9.79. The lowest BCUT2D eigenvalue weighted by molar-refractivity contribution is -0.139. The summed E-state index contributed by atoms with van der Waals surface area (Å²) in [4.78, 5) is 28.9. The van der Waals surface area contributed by atoms with E-state index >= 15 is 0 Å². The number of halogens is 1. The minimum Gasteiger partial charge on any atom is -0.367 e. The first-order valence-electron chi connectivity index (χ1n) is 10.6. The molecule has 0 radical (unpaired) electrons. The Hall–Kier alpha value is -2.64. The molecule has 32 heavy (non-hydrogen) atoms. The Morgan fingerprint density at radius 2 is 1.62 bits per heavy atom. The molecule has 0 bridgehead atoms. The van der Waals surface area contributed by atoms with Gasteiger partial charge in [0.2, 0.25) is 5.91 Å². The number of benzene rings is 2. The summed E-state index contributed by atoms with van der Waals surface area (Å²) in [5.41, 5.74) is 2.85. The molecule has 1 aliphatic rings. The molecule has 0 saturated carbocycles. The predicted octanol–water partition coefficient (Wildman–Crippen LogP) is 4.47. The molecule has 0 aliphatic carbocycles. The third kappa shape index (κ3) is 5.99. The first-order valence-corrected chi connectivity index (χ1v) is 11.4. The molecule has 6 nitrogen and oxygen atoms in total. The van der Waals surface area contributed by atoms with Crippen LogP contribution in [0.25, 0.3) is 0 Å². The number of thiocarbonyl (C=S) groups is 1. The first kappa shape index (κ1) is 24.0. The van der Waals surface area contributed by atoms with Gasteiger partial charge in [0.15, 0.2) is 5.11 Å². The largest absolute Gasteiger partial charge is 0.367 e. The van der Waals surface area contributed by atoms with Gasteiger partial charge in [0.25, 0.3) is 5.91 Å². The number of nitrogens with zero attached hydrogens (tertiary/aromatic N) is 2. The summed E-state index contributed by atoms with van der Waals surface area (Å²) in [5.74, 6) is -0.100. The molecule has 2 aromatic rings. The Labute approximate surface area is 199 Å². The van der Waals surface area contributed by atoms with Crippen molar-refractivity contribution in [2.45, 2.75) is 27.7 Å². The van der Waals surface area contributed by atoms with E-state index in [1.165, 1.54) is 0 Å². The van der Waals surface area contributed by atoms with E-state index in [1.54, 1.807) is 18.2 Å². The maximum atomic E-state index is 12.5. The van der Waals surface area contributed by atoms with Crippen LogP contribution in [0.4, 0.5) is 11.4 Å². The normalized spacial score (nSPS) is 14.2. The maximum absolute atomic E-state index is 12.5. The number of rotatable bonds is 3. The fraction of sp³-hybridized carbons (Fsp3) is 0.375. The molecule has 0 aromatic heterocycles. The molecule has 0 spiro atoms. The number of hydrogen-bond donors (Lipinski definition) is 2. The highest BCUT2D eigenvalue weighted by Gasteiger charge is 2.30. The summed E-state index contributed by atoms with van der Waals surface area (Å²) in [7, 11) is 0. The van der Waals surface area contributed by atoms with Crippen molar-refractivity contribution in [1.82, 2.24) is 10.2 Å². The molecule has 0 atom stereocenters. The zero-order chi connectivity index (χ0) is 23.5. The van der Waals surface area contributed by atoms with Crippen LogP contribution in [0.3, 0.4) is 0 Å². The molecule has 1 heterocycles. The zero-order valence-electron chi connectivity index (χ0n) is 18.9. The van der Waals surface area contributed by atoms with Crippen LogP contribution in [-0.4, -0.2) is 48.0 Å². The summed E-state index contributed by atoms with van der Waals surface area (Å²) in [6, 6.07) is 12.9. The van der Waals surface area contributed by atoms with Crippen LogP contribution in [0.15, 0.2) is 42.5 Å². The lowest BCUT2D eigenvalue weighted by Crippen LogP contribution is -2.51. The number of amides is 2. The molecule has 1 saturated heterocycles. The molecular weight excluding hydrogens is 444 g/mol. The third-order valence-electron chi connectivity index (χ3n) is 5.30. The minimum atomic E-state index is -0.375. The minimum absolute atomic E-state index is 0.170. The fourth-order valence-corrected chi connectivity index (χ4v) is 4.02. The fourth-order valence-electron chi connectivity index (χ4n) is 3.51. The van der Waals surface area contributed by atoms with E-state index in [1.807, 2.05) is 56.9 Å². The third-order valence-corrected chi connectivity index (χ3v) is 5.80. The van der Waals surface area contributed by atoms with Crippen molar-refractivity contribution in [1.29, 1.82) is 0 Å². The van der Waals surface area contributed by atoms with E-state index < -0.39 is 0 Å². The van der Waals surface area contributed by atoms with E-state index in [0.29, 0.717) is 29.4 Å². The summed E-state index contributed by atoms with van der Waals surface area (Å²) in [6.45, 7) is 10.6. The number of hydrogen-bond acceptors (Lipinski definition) is 4. The average Bonchev–Trinajstić information content (AvgIpc) is 2.73. The molecule has 170 valence electrons. The Balaban J connectivity index is 1.57. The van der Waals surface area contributed by atoms with Crippen LogP contribution in [0, 0.1) is 12.3 Å². The smallest absolute Gasteiger partial charge is 0.257 e. The number of aryl methyl sites for hydroxylation is 1. The van der Waals surface area contributed by atoms with Crippen LogP contribution in [0.1, 0.15) is 36.7 Å². The van der Waals surface area contributed by atoms with Crippen molar-refractivity contribution < 1.29 is 9.59 Å². The summed E-state index contributed by atoms with van der Waals surface area (Å²) >= 11 is 11.8. The highest BCUT2D eigenvalue weighted by Crippen LogP contribution is 2.30. The van der Waals surface area contributed by atoms with Gasteiger partial charge in [0.05, 0.1) is 10.7 Å². The quantitative estimate of drug-likeness (QED) is 0.645. The molecule has 0 unspecified atom stereocenters. The number of piperazine rings is 1. The van der Waals surface area contributed by atoms with Gasteiger partial charge < -0.3 is 15.1 Å². The Morgan fingerprint density at radius 1 is 1.00 bits per heavy atom. The van der Waals surface area contributed by atoms with Crippen molar-refractivity contribution in [2.75, 3.05) is 36.4 Å². The van der Waals surface area contributed by atoms with Crippen LogP contribution in [0.5, 0.6) is 0 Å². The Bertz CT molecular complexity index is 1010. The molecule has 2 amide bonds. The van der Waals surface area contributed by atoms with Gasteiger partial charge >= 0.3 is 0 Å². The topological polar surface area (TPSA) is 64.7 Å². The van der Waals surface area contributed by atoms with Crippen molar-refractivity contribution in [3.63, 3.8) is 0 Å². The van der Waals surface area contributed by atoms with Crippen LogP contribution >= 0.6 is 23.8 Å². The van der Waals surface area contributed by atoms with Crippen LogP contribution in [0.2, 0.25) is 5.02 Å². The second kappa shape index (κ2) is 9.88. The monoisotopic (exact) mass is 472 g/mol. The number of anilines is 2. The zero-order valence-corrected chi connectivity index (χ0v) is 20.4. The van der Waals surface area contributed by atoms with Crippen LogP contribution in [-0.2, 0) is 4.79 Å². The van der Waals surface area contributed by atoms with Gasteiger partial charge in [0, 0.05) is 42.8 Å². The van der Waals surface area contributed by atoms with Gasteiger partial charge in [-0.3, -0.25) is 14.9 Å². The van der Waals surface area contributed by atoms with E-state index in [0.717, 1.165) is 24.3 Å². The summed E-state index contributed by atoms with van der Waals surface area (Å²) < 4.78 is 0. The maximum Gasteiger partial charge on any atom is 0.257 e. The number of carbonyl (C=O) groups is 2. The average molecular weight is 473 g/mol. The summed E-state index contributed by atoms with van der Waals surface area (Å²) in [5, 5.41) is 6.47. The van der Waals surface area contributed by atoms with E-state index in [9.17, 15) is 9.59 Å². The van der Waals surface area contributed by atoms with Crippen molar-refractivity contribution >= 4 is 52.1 Å². The van der Waals surface area contributed by atoms with E-state index in [-0.39, 0.29) is 22.3 Å². The van der Waals surface area contributed by atoms with Gasteiger partial charge in [-0.15, -0.1) is 0 Å². The highest BCUT2D eigenvalue weighted by molar-refractivity contribution is 7.80. The van der Waals surface area contributed by atoms with Gasteiger partial charge in [-0.2, -0.15) is 0 Å². The van der Waals surface area contributed by atoms with Crippen molar-refractivity contribution in [2.24, 2.45) is 5.41 Å². The van der Waals surface area contributed by atoms with Gasteiger partial charge in [-0.1, -0.05) is 50.1 Å². The Kier molecular flexibility index (Phi) is 7.41. The second-order valence-electron chi connectivity index (χ2n) is 8.97. The lowest BCUT2D eigenvalue weighted by atomic mass is 9.94. The van der Waals surface area contributed by atoms with Gasteiger partial charge in [-0.25, -0.2) is 0 Å².